The number of nitrogens with one attached hydrogen (secondary N) is 1. The molecular weight excluding hydrogens is 564 g/mol. The molecule has 0 amide bonds. The number of nitrogens with zero attached hydrogens (tertiary/aromatic N) is 2. The van der Waals surface area contributed by atoms with Gasteiger partial charge >= 0.3 is 13.5 Å². The molecule has 2 fully saturated rings. The fourth-order valence-corrected chi connectivity index (χ4v) is 6.07. The summed E-state index contributed by atoms with van der Waals surface area (Å²) in [6.45, 7) is -1.81. The fourth-order valence-electron chi connectivity index (χ4n) is 3.95. The molecule has 3 rings (SSSR count). The number of ether oxygens (including phenoxy) is 2. The number of rotatable bonds is 10. The first kappa shape index (κ1) is 31.2. The van der Waals surface area contributed by atoms with Crippen molar-refractivity contribution < 1.29 is 67.3 Å². The molecule has 11 atom stereocenters. The molecule has 38 heavy (non-hydrogen) atoms. The van der Waals surface area contributed by atoms with E-state index in [-0.39, 0.29) is 0 Å². The van der Waals surface area contributed by atoms with Crippen molar-refractivity contribution >= 4 is 15.6 Å². The SMILES string of the molecule is CN(C)[C@@H]1C(O)[C@H](OP(=O)([O-])OP(=O)(O)OC[C@H]2O[C@@H](n3ccc(=O)[nH]c3=O)C(O)[C@H]2O)OC(CO)[C@@H]1O. The van der Waals surface area contributed by atoms with Gasteiger partial charge < -0.3 is 49.7 Å². The van der Waals surface area contributed by atoms with E-state index in [1.54, 1.807) is 0 Å². The van der Waals surface area contributed by atoms with E-state index in [0.717, 1.165) is 16.8 Å². The average molecular weight is 592 g/mol. The fraction of sp³-hybridized carbons (Fsp3) is 0.765. The highest BCUT2D eigenvalue weighted by Gasteiger charge is 2.48. The highest BCUT2D eigenvalue weighted by molar-refractivity contribution is 7.60. The Bertz CT molecular complexity index is 1180. The van der Waals surface area contributed by atoms with Crippen LogP contribution < -0.4 is 16.1 Å². The number of H-pyrrole nitrogens is 1. The average Bonchev–Trinajstić information content (AvgIpc) is 3.07. The van der Waals surface area contributed by atoms with Crippen LogP contribution in [0.3, 0.4) is 0 Å². The van der Waals surface area contributed by atoms with Crippen molar-refractivity contribution in [3.05, 3.63) is 33.1 Å². The molecule has 21 heteroatoms. The first-order chi connectivity index (χ1) is 17.6. The normalized spacial score (nSPS) is 37.2. The number of hydrogen-bond acceptors (Lipinski definition) is 16. The lowest BCUT2D eigenvalue weighted by atomic mass is 9.95. The maximum Gasteiger partial charge on any atom is 0.478 e. The number of aromatic nitrogens is 2. The van der Waals surface area contributed by atoms with Crippen LogP contribution in [0.25, 0.3) is 0 Å². The van der Waals surface area contributed by atoms with E-state index in [1.807, 2.05) is 4.98 Å². The van der Waals surface area contributed by atoms with Gasteiger partial charge in [0.25, 0.3) is 13.4 Å². The summed E-state index contributed by atoms with van der Waals surface area (Å²) in [5, 5.41) is 50.3. The van der Waals surface area contributed by atoms with Gasteiger partial charge in [-0.05, 0) is 14.1 Å². The van der Waals surface area contributed by atoms with Gasteiger partial charge in [-0.1, -0.05) is 0 Å². The van der Waals surface area contributed by atoms with Crippen molar-refractivity contribution in [1.29, 1.82) is 0 Å². The summed E-state index contributed by atoms with van der Waals surface area (Å²) < 4.78 is 48.7. The van der Waals surface area contributed by atoms with Crippen LogP contribution >= 0.6 is 15.6 Å². The van der Waals surface area contributed by atoms with Gasteiger partial charge in [-0.3, -0.25) is 28.0 Å². The van der Waals surface area contributed by atoms with Crippen LogP contribution in [0.15, 0.2) is 21.9 Å². The Labute approximate surface area is 213 Å². The summed E-state index contributed by atoms with van der Waals surface area (Å²) in [4.78, 5) is 48.5. The van der Waals surface area contributed by atoms with Gasteiger partial charge in [-0.2, -0.15) is 0 Å². The molecule has 19 nitrogen and oxygen atoms in total. The molecular formula is C17H28N3O16P2-. The van der Waals surface area contributed by atoms with Crippen LogP contribution in [0.5, 0.6) is 0 Å². The van der Waals surface area contributed by atoms with E-state index in [9.17, 15) is 54.0 Å². The van der Waals surface area contributed by atoms with E-state index < -0.39 is 95.3 Å². The second kappa shape index (κ2) is 12.0. The minimum Gasteiger partial charge on any atom is -0.756 e. The summed E-state index contributed by atoms with van der Waals surface area (Å²) in [5.74, 6) is 0. The second-order valence-electron chi connectivity index (χ2n) is 8.62. The lowest BCUT2D eigenvalue weighted by Crippen LogP contribution is -2.63. The Hall–Kier alpha value is -1.38. The van der Waals surface area contributed by atoms with Crippen molar-refractivity contribution in [2.45, 2.75) is 55.2 Å². The van der Waals surface area contributed by atoms with Gasteiger partial charge in [0.15, 0.2) is 12.5 Å². The van der Waals surface area contributed by atoms with Gasteiger partial charge in [0, 0.05) is 12.3 Å². The molecule has 0 aromatic carbocycles. The maximum atomic E-state index is 12.3. The van der Waals surface area contributed by atoms with E-state index >= 15 is 0 Å². The van der Waals surface area contributed by atoms with E-state index in [1.165, 1.54) is 19.0 Å². The summed E-state index contributed by atoms with van der Waals surface area (Å²) in [7, 11) is -8.42. The summed E-state index contributed by atoms with van der Waals surface area (Å²) in [5.41, 5.74) is -1.73. The Morgan fingerprint density at radius 2 is 1.74 bits per heavy atom. The van der Waals surface area contributed by atoms with Crippen LogP contribution in [-0.4, -0.2) is 121 Å². The highest BCUT2D eigenvalue weighted by atomic mass is 31.3. The smallest absolute Gasteiger partial charge is 0.478 e. The van der Waals surface area contributed by atoms with Gasteiger partial charge in [-0.25, -0.2) is 13.7 Å². The van der Waals surface area contributed by atoms with Crippen molar-refractivity contribution in [3.8, 4) is 0 Å². The molecule has 0 bridgehead atoms. The van der Waals surface area contributed by atoms with Crippen molar-refractivity contribution in [3.63, 3.8) is 0 Å². The van der Waals surface area contributed by atoms with E-state index in [0.29, 0.717) is 0 Å². The molecule has 2 aliphatic heterocycles. The first-order valence-electron chi connectivity index (χ1n) is 10.9. The highest BCUT2D eigenvalue weighted by Crippen LogP contribution is 2.59. The second-order valence-corrected chi connectivity index (χ2v) is 11.6. The number of phosphoric ester groups is 2. The van der Waals surface area contributed by atoms with Crippen molar-refractivity contribution in [2.75, 3.05) is 27.3 Å². The van der Waals surface area contributed by atoms with Gasteiger partial charge in [0.2, 0.25) is 0 Å². The molecule has 5 unspecified atom stereocenters. The molecule has 0 radical (unpaired) electrons. The molecule has 2 aliphatic rings. The zero-order valence-electron chi connectivity index (χ0n) is 19.8. The number of aromatic amines is 1. The van der Waals surface area contributed by atoms with Gasteiger partial charge in [-0.15, -0.1) is 0 Å². The van der Waals surface area contributed by atoms with Crippen LogP contribution in [-0.2, 0) is 32.0 Å². The molecule has 1 aromatic heterocycles. The topological polar surface area (TPSA) is 283 Å². The number of aliphatic hydroxyl groups is 5. The maximum absolute atomic E-state index is 12.3. The summed E-state index contributed by atoms with van der Waals surface area (Å²) in [6, 6.07) is -0.231. The lowest BCUT2D eigenvalue weighted by molar-refractivity contribution is -0.293. The number of likely N-dealkylation sites (N-methyl/N-ethyl adjacent to an activating group) is 1. The summed E-state index contributed by atoms with van der Waals surface area (Å²) in [6.07, 6.45) is -12.4. The third-order valence-corrected chi connectivity index (χ3v) is 8.31. The number of hydrogen-bond donors (Lipinski definition) is 7. The third-order valence-electron chi connectivity index (χ3n) is 5.75. The Morgan fingerprint density at radius 1 is 1.08 bits per heavy atom. The molecule has 0 aliphatic carbocycles. The number of aliphatic hydroxyl groups excluding tert-OH is 5. The predicted octanol–water partition coefficient (Wildman–Crippen LogP) is -4.86. The number of phosphoric acid groups is 2. The van der Waals surface area contributed by atoms with E-state index in [2.05, 4.69) is 13.4 Å². The Kier molecular flexibility index (Phi) is 9.85. The third kappa shape index (κ3) is 7.03. The zero-order chi connectivity index (χ0) is 28.6. The predicted molar refractivity (Wildman–Crippen MR) is 118 cm³/mol. The molecule has 218 valence electrons. The van der Waals surface area contributed by atoms with Crippen molar-refractivity contribution in [2.24, 2.45) is 0 Å². The quantitative estimate of drug-likeness (QED) is 0.125. The van der Waals surface area contributed by atoms with Gasteiger partial charge in [0.1, 0.15) is 36.6 Å². The largest absolute Gasteiger partial charge is 0.756 e. The standard InChI is InChI=1S/C17H29N3O16P2/c1-19(2)10-11(23)7(5-21)34-16(13(10)25)35-38(30,31)36-37(28,29)32-6-8-12(24)14(26)15(33-8)20-4-3-9(22)18-17(20)27/h3-4,7-8,10-16,21,23-26H,5-6H2,1-2H3,(H,28,29)(H,30,31)(H,18,22,27)/p-1/t7?,8-,10+,11+,12+,13?,14?,15-,16+/m1/s1. The molecule has 0 spiro atoms. The van der Waals surface area contributed by atoms with Crippen LogP contribution in [0, 0.1) is 0 Å². The summed E-state index contributed by atoms with van der Waals surface area (Å²) >= 11 is 0. The molecule has 2 saturated heterocycles. The van der Waals surface area contributed by atoms with Crippen molar-refractivity contribution in [1.82, 2.24) is 14.5 Å². The van der Waals surface area contributed by atoms with Crippen LogP contribution in [0.2, 0.25) is 0 Å². The molecule has 7 N–H and O–H groups in total. The van der Waals surface area contributed by atoms with Crippen LogP contribution in [0.4, 0.5) is 0 Å². The Balaban J connectivity index is 1.63. The zero-order valence-corrected chi connectivity index (χ0v) is 21.6. The minimum absolute atomic E-state index is 0.733. The molecule has 3 heterocycles. The first-order valence-corrected chi connectivity index (χ1v) is 13.8. The monoisotopic (exact) mass is 592 g/mol. The molecule has 0 saturated carbocycles. The van der Waals surface area contributed by atoms with Crippen LogP contribution in [0.1, 0.15) is 6.23 Å². The lowest BCUT2D eigenvalue weighted by Gasteiger charge is -2.45. The molecule has 1 aromatic rings. The van der Waals surface area contributed by atoms with Gasteiger partial charge in [0.05, 0.1) is 19.3 Å². The van der Waals surface area contributed by atoms with E-state index in [4.69, 9.17) is 9.47 Å². The minimum atomic E-state index is -5.78. The Morgan fingerprint density at radius 3 is 2.32 bits per heavy atom.